The van der Waals surface area contributed by atoms with Gasteiger partial charge >= 0.3 is 6.03 Å². The topological polar surface area (TPSA) is 78.5 Å². The van der Waals surface area contributed by atoms with E-state index in [1.54, 1.807) is 19.1 Å². The summed E-state index contributed by atoms with van der Waals surface area (Å²) in [6.45, 7) is 3.38. The number of imide groups is 1. The maximum atomic E-state index is 12.9. The van der Waals surface area contributed by atoms with Crippen LogP contribution in [0.4, 0.5) is 10.5 Å². The van der Waals surface area contributed by atoms with Crippen LogP contribution in [0.1, 0.15) is 38.2 Å². The first-order chi connectivity index (χ1) is 12.3. The Hall–Kier alpha value is -1.79. The van der Waals surface area contributed by atoms with Crippen molar-refractivity contribution in [1.82, 2.24) is 10.2 Å². The van der Waals surface area contributed by atoms with Crippen molar-refractivity contribution in [2.75, 3.05) is 11.9 Å². The number of halogens is 2. The summed E-state index contributed by atoms with van der Waals surface area (Å²) >= 11 is 12.3. The maximum absolute atomic E-state index is 12.9. The third-order valence-electron chi connectivity index (χ3n) is 5.35. The zero-order chi connectivity index (χ0) is 19.1. The lowest BCUT2D eigenvalue weighted by Gasteiger charge is -2.36. The molecule has 1 aromatic carbocycles. The number of nitrogens with zero attached hydrogens (tertiary/aromatic N) is 1. The molecule has 1 aliphatic carbocycles. The Morgan fingerprint density at radius 3 is 2.77 bits per heavy atom. The van der Waals surface area contributed by atoms with Crippen molar-refractivity contribution in [2.45, 2.75) is 45.1 Å². The van der Waals surface area contributed by atoms with Crippen LogP contribution in [-0.2, 0) is 9.59 Å². The van der Waals surface area contributed by atoms with Gasteiger partial charge in [0.05, 0.1) is 15.7 Å². The molecule has 2 atom stereocenters. The van der Waals surface area contributed by atoms with Crippen LogP contribution < -0.4 is 10.6 Å². The first kappa shape index (κ1) is 19.0. The quantitative estimate of drug-likeness (QED) is 0.762. The fourth-order valence-electron chi connectivity index (χ4n) is 3.73. The lowest BCUT2D eigenvalue weighted by Crippen LogP contribution is -2.54. The molecule has 1 aromatic rings. The molecule has 8 heteroatoms. The summed E-state index contributed by atoms with van der Waals surface area (Å²) in [4.78, 5) is 38.6. The van der Waals surface area contributed by atoms with E-state index in [2.05, 4.69) is 10.6 Å². The van der Waals surface area contributed by atoms with E-state index in [9.17, 15) is 14.4 Å². The molecule has 140 valence electrons. The van der Waals surface area contributed by atoms with E-state index in [1.807, 2.05) is 6.92 Å². The average Bonchev–Trinajstić information content (AvgIpc) is 2.83. The number of carbonyl (C=O) groups is 3. The van der Waals surface area contributed by atoms with Crippen molar-refractivity contribution in [1.29, 1.82) is 0 Å². The largest absolute Gasteiger partial charge is 0.325 e. The van der Waals surface area contributed by atoms with Crippen LogP contribution in [0.15, 0.2) is 12.1 Å². The molecule has 0 aromatic heterocycles. The summed E-state index contributed by atoms with van der Waals surface area (Å²) in [5, 5.41) is 6.07. The number of hydrogen-bond donors (Lipinski definition) is 2. The first-order valence-corrected chi connectivity index (χ1v) is 9.40. The van der Waals surface area contributed by atoms with Gasteiger partial charge in [0.15, 0.2) is 0 Å². The molecule has 2 fully saturated rings. The second-order valence-electron chi connectivity index (χ2n) is 7.04. The molecule has 6 nitrogen and oxygen atoms in total. The maximum Gasteiger partial charge on any atom is 0.325 e. The van der Waals surface area contributed by atoms with Crippen molar-refractivity contribution in [3.05, 3.63) is 27.7 Å². The predicted octanol–water partition coefficient (Wildman–Crippen LogP) is 3.74. The Morgan fingerprint density at radius 2 is 2.08 bits per heavy atom. The van der Waals surface area contributed by atoms with E-state index in [1.165, 1.54) is 0 Å². The Balaban J connectivity index is 1.75. The zero-order valence-electron chi connectivity index (χ0n) is 14.7. The smallest absolute Gasteiger partial charge is 0.323 e. The van der Waals surface area contributed by atoms with Gasteiger partial charge in [-0.15, -0.1) is 0 Å². The molecule has 1 heterocycles. The highest BCUT2D eigenvalue weighted by Crippen LogP contribution is 2.38. The number of aryl methyl sites for hydroxylation is 1. The van der Waals surface area contributed by atoms with Gasteiger partial charge in [-0.1, -0.05) is 49.0 Å². The van der Waals surface area contributed by atoms with Crippen LogP contribution in [0.3, 0.4) is 0 Å². The van der Waals surface area contributed by atoms with Crippen LogP contribution in [0, 0.1) is 12.8 Å². The van der Waals surface area contributed by atoms with Crippen LogP contribution >= 0.6 is 23.2 Å². The minimum atomic E-state index is -0.881. The molecule has 1 spiro atoms. The Bertz CT molecular complexity index is 783. The van der Waals surface area contributed by atoms with Crippen molar-refractivity contribution in [2.24, 2.45) is 5.92 Å². The standard InChI is InChI=1S/C18H21Cl2N3O3/c1-10-6-7-12(19)15(14(10)20)21-13(24)9-23-16(25)18(22-17(23)26)8-4-3-5-11(18)2/h6-7,11H,3-5,8-9H2,1-2H3,(H,21,24)(H,22,26)/t11-,18-/m0/s1. The van der Waals surface area contributed by atoms with E-state index >= 15 is 0 Å². The fraction of sp³-hybridized carbons (Fsp3) is 0.500. The zero-order valence-corrected chi connectivity index (χ0v) is 16.2. The van der Waals surface area contributed by atoms with E-state index in [0.717, 1.165) is 29.7 Å². The molecule has 0 bridgehead atoms. The normalized spacial score (nSPS) is 25.5. The summed E-state index contributed by atoms with van der Waals surface area (Å²) < 4.78 is 0. The fourth-order valence-corrected chi connectivity index (χ4v) is 4.20. The summed E-state index contributed by atoms with van der Waals surface area (Å²) in [6.07, 6.45) is 3.40. The Morgan fingerprint density at radius 1 is 1.35 bits per heavy atom. The number of rotatable bonds is 3. The van der Waals surface area contributed by atoms with E-state index in [4.69, 9.17) is 23.2 Å². The molecule has 2 N–H and O–H groups in total. The lowest BCUT2D eigenvalue weighted by atomic mass is 9.73. The molecule has 0 unspecified atom stereocenters. The molecule has 4 amide bonds. The van der Waals surface area contributed by atoms with E-state index < -0.39 is 17.5 Å². The van der Waals surface area contributed by atoms with Crippen LogP contribution in [0.2, 0.25) is 10.0 Å². The monoisotopic (exact) mass is 397 g/mol. The molecule has 0 radical (unpaired) electrons. The van der Waals surface area contributed by atoms with Gasteiger partial charge in [-0.2, -0.15) is 0 Å². The van der Waals surface area contributed by atoms with Gasteiger partial charge in [-0.3, -0.25) is 14.5 Å². The second-order valence-corrected chi connectivity index (χ2v) is 7.83. The first-order valence-electron chi connectivity index (χ1n) is 8.65. The Kier molecular flexibility index (Phi) is 5.17. The van der Waals surface area contributed by atoms with Crippen LogP contribution in [0.25, 0.3) is 0 Å². The van der Waals surface area contributed by atoms with Gasteiger partial charge in [0.1, 0.15) is 12.1 Å². The molecule has 1 saturated heterocycles. The van der Waals surface area contributed by atoms with Gasteiger partial charge in [-0.25, -0.2) is 4.79 Å². The summed E-state index contributed by atoms with van der Waals surface area (Å²) in [5.41, 5.74) is 0.163. The molecule has 3 rings (SSSR count). The molecule has 1 saturated carbocycles. The second kappa shape index (κ2) is 7.08. The molecular weight excluding hydrogens is 377 g/mol. The molecule has 26 heavy (non-hydrogen) atoms. The highest BCUT2D eigenvalue weighted by atomic mass is 35.5. The number of benzene rings is 1. The average molecular weight is 398 g/mol. The van der Waals surface area contributed by atoms with Crippen molar-refractivity contribution < 1.29 is 14.4 Å². The lowest BCUT2D eigenvalue weighted by molar-refractivity contribution is -0.136. The highest BCUT2D eigenvalue weighted by Gasteiger charge is 2.55. The number of anilines is 1. The van der Waals surface area contributed by atoms with Crippen molar-refractivity contribution in [3.63, 3.8) is 0 Å². The number of nitrogens with one attached hydrogen (secondary N) is 2. The number of hydrogen-bond acceptors (Lipinski definition) is 3. The highest BCUT2D eigenvalue weighted by molar-refractivity contribution is 6.40. The SMILES string of the molecule is Cc1ccc(Cl)c(NC(=O)CN2C(=O)N[C@]3(CCCC[C@@H]3C)C2=O)c1Cl. The third-order valence-corrected chi connectivity index (χ3v) is 6.15. The minimum absolute atomic E-state index is 0.0430. The van der Waals surface area contributed by atoms with E-state index in [-0.39, 0.29) is 24.1 Å². The molecular formula is C18H21Cl2N3O3. The molecule has 2 aliphatic rings. The van der Waals surface area contributed by atoms with Gasteiger partial charge < -0.3 is 10.6 Å². The number of amides is 4. The number of carbonyl (C=O) groups excluding carboxylic acids is 3. The minimum Gasteiger partial charge on any atom is -0.323 e. The summed E-state index contributed by atoms with van der Waals surface area (Å²) in [7, 11) is 0. The summed E-state index contributed by atoms with van der Waals surface area (Å²) in [6, 6.07) is 2.84. The van der Waals surface area contributed by atoms with Crippen molar-refractivity contribution in [3.8, 4) is 0 Å². The number of urea groups is 1. The molecule has 1 aliphatic heterocycles. The summed E-state index contributed by atoms with van der Waals surface area (Å²) in [5.74, 6) is -0.809. The van der Waals surface area contributed by atoms with Crippen LogP contribution in [0.5, 0.6) is 0 Å². The van der Waals surface area contributed by atoms with Gasteiger partial charge in [0.25, 0.3) is 5.91 Å². The van der Waals surface area contributed by atoms with Crippen LogP contribution in [-0.4, -0.2) is 34.8 Å². The van der Waals surface area contributed by atoms with Gasteiger partial charge in [-0.05, 0) is 37.3 Å². The predicted molar refractivity (Wildman–Crippen MR) is 100 cm³/mol. The van der Waals surface area contributed by atoms with E-state index in [0.29, 0.717) is 16.5 Å². The van der Waals surface area contributed by atoms with Gasteiger partial charge in [0.2, 0.25) is 5.91 Å². The Labute approximate surface area is 162 Å². The van der Waals surface area contributed by atoms with Gasteiger partial charge in [0, 0.05) is 0 Å². The third kappa shape index (κ3) is 3.16. The van der Waals surface area contributed by atoms with Crippen molar-refractivity contribution >= 4 is 46.7 Å².